The van der Waals surface area contributed by atoms with Crippen LogP contribution in [0.3, 0.4) is 0 Å². The molecule has 4 atom stereocenters. The van der Waals surface area contributed by atoms with Crippen molar-refractivity contribution in [2.45, 2.75) is 42.1 Å². The van der Waals surface area contributed by atoms with Gasteiger partial charge in [0.25, 0.3) is 0 Å². The first-order valence-electron chi connectivity index (χ1n) is 6.36. The first kappa shape index (κ1) is 15.7. The molecule has 0 amide bonds. The van der Waals surface area contributed by atoms with Crippen molar-refractivity contribution in [1.29, 1.82) is 0 Å². The minimum Gasteiger partial charge on any atom is -0.392 e. The Morgan fingerprint density at radius 2 is 2.16 bits per heavy atom. The molecule has 0 radical (unpaired) electrons. The maximum Gasteiger partial charge on any atom is 0.123 e. The lowest BCUT2D eigenvalue weighted by molar-refractivity contribution is 0.177. The van der Waals surface area contributed by atoms with Gasteiger partial charge in [0.1, 0.15) is 5.82 Å². The monoisotopic (exact) mass is 364 g/mol. The molecule has 2 rings (SSSR count). The summed E-state index contributed by atoms with van der Waals surface area (Å²) in [7, 11) is 0. The molecule has 1 nitrogen and oxygen atoms in total. The second-order valence-electron chi connectivity index (χ2n) is 4.93. The van der Waals surface area contributed by atoms with E-state index in [1.54, 1.807) is 6.07 Å². The third-order valence-corrected chi connectivity index (χ3v) is 7.75. The van der Waals surface area contributed by atoms with Crippen LogP contribution in [0.5, 0.6) is 0 Å². The van der Waals surface area contributed by atoms with E-state index in [0.717, 1.165) is 15.8 Å². The van der Waals surface area contributed by atoms with Gasteiger partial charge >= 0.3 is 0 Å². The molecule has 1 aliphatic heterocycles. The van der Waals surface area contributed by atoms with Crippen LogP contribution in [0, 0.1) is 5.82 Å². The summed E-state index contributed by atoms with van der Waals surface area (Å²) in [5, 5.41) is 11.8. The standard InChI is InChI=1S/C14H18BrFOS2/c1-8-9(2)19-14(7-18-8)13(17)6-10-5-11(16)3-4-12(10)15/h3-5,8-9,13-14,17H,6-7H2,1-2H3. The topological polar surface area (TPSA) is 20.2 Å². The molecule has 106 valence electrons. The highest BCUT2D eigenvalue weighted by Gasteiger charge is 2.30. The molecule has 1 aromatic rings. The van der Waals surface area contributed by atoms with Gasteiger partial charge in [0.15, 0.2) is 0 Å². The zero-order chi connectivity index (χ0) is 14.0. The van der Waals surface area contributed by atoms with Crippen LogP contribution in [0.25, 0.3) is 0 Å². The number of hydrogen-bond donors (Lipinski definition) is 1. The van der Waals surface area contributed by atoms with Crippen LogP contribution in [0.15, 0.2) is 22.7 Å². The molecular formula is C14H18BrFOS2. The summed E-state index contributed by atoms with van der Waals surface area (Å²) < 4.78 is 14.1. The average molecular weight is 365 g/mol. The Bertz CT molecular complexity index is 443. The Morgan fingerprint density at radius 3 is 2.84 bits per heavy atom. The van der Waals surface area contributed by atoms with Crippen molar-refractivity contribution in [3.05, 3.63) is 34.1 Å². The summed E-state index contributed by atoms with van der Waals surface area (Å²) >= 11 is 7.18. The number of hydrogen-bond acceptors (Lipinski definition) is 3. The van der Waals surface area contributed by atoms with Crippen LogP contribution in [-0.2, 0) is 6.42 Å². The molecule has 0 bridgehead atoms. The third-order valence-electron chi connectivity index (χ3n) is 3.44. The highest BCUT2D eigenvalue weighted by Crippen LogP contribution is 2.37. The lowest BCUT2D eigenvalue weighted by Gasteiger charge is -2.34. The molecule has 0 saturated carbocycles. The Balaban J connectivity index is 2.01. The molecule has 1 heterocycles. The number of rotatable bonds is 3. The molecule has 5 heteroatoms. The Kier molecular flexibility index (Phi) is 5.64. The normalized spacial score (nSPS) is 29.2. The van der Waals surface area contributed by atoms with Crippen LogP contribution in [0.2, 0.25) is 0 Å². The maximum absolute atomic E-state index is 13.2. The summed E-state index contributed by atoms with van der Waals surface area (Å²) in [6.45, 7) is 4.44. The lowest BCUT2D eigenvalue weighted by atomic mass is 10.1. The van der Waals surface area contributed by atoms with Crippen LogP contribution in [-0.4, -0.2) is 32.7 Å². The largest absolute Gasteiger partial charge is 0.392 e. The molecular weight excluding hydrogens is 347 g/mol. The van der Waals surface area contributed by atoms with Crippen molar-refractivity contribution >= 4 is 39.5 Å². The van der Waals surface area contributed by atoms with E-state index in [1.807, 2.05) is 23.5 Å². The molecule has 0 aliphatic carbocycles. The van der Waals surface area contributed by atoms with Gasteiger partial charge in [0.2, 0.25) is 0 Å². The van der Waals surface area contributed by atoms with Crippen molar-refractivity contribution in [3.8, 4) is 0 Å². The predicted octanol–water partition coefficient (Wildman–Crippen LogP) is 4.12. The van der Waals surface area contributed by atoms with Crippen LogP contribution < -0.4 is 0 Å². The predicted molar refractivity (Wildman–Crippen MR) is 86.6 cm³/mol. The minimum absolute atomic E-state index is 0.228. The second-order valence-corrected chi connectivity index (χ2v) is 8.81. The molecule has 1 saturated heterocycles. The Hall–Kier alpha value is 0.290. The van der Waals surface area contributed by atoms with E-state index in [2.05, 4.69) is 29.8 Å². The van der Waals surface area contributed by atoms with E-state index >= 15 is 0 Å². The van der Waals surface area contributed by atoms with Crippen LogP contribution >= 0.6 is 39.5 Å². The van der Waals surface area contributed by atoms with Crippen LogP contribution in [0.1, 0.15) is 19.4 Å². The van der Waals surface area contributed by atoms with Crippen molar-refractivity contribution in [3.63, 3.8) is 0 Å². The number of aliphatic hydroxyl groups excluding tert-OH is 1. The SMILES string of the molecule is CC1SCC(C(O)Cc2cc(F)ccc2Br)SC1C. The zero-order valence-corrected chi connectivity index (χ0v) is 14.2. The van der Waals surface area contributed by atoms with Gasteiger partial charge in [-0.2, -0.15) is 23.5 Å². The first-order valence-corrected chi connectivity index (χ1v) is 9.15. The quantitative estimate of drug-likeness (QED) is 0.870. The van der Waals surface area contributed by atoms with E-state index in [9.17, 15) is 9.50 Å². The maximum atomic E-state index is 13.2. The van der Waals surface area contributed by atoms with E-state index in [0.29, 0.717) is 16.9 Å². The second kappa shape index (κ2) is 6.83. The fourth-order valence-corrected chi connectivity index (χ4v) is 5.49. The fraction of sp³-hybridized carbons (Fsp3) is 0.571. The van der Waals surface area contributed by atoms with Crippen molar-refractivity contribution < 1.29 is 9.50 Å². The zero-order valence-electron chi connectivity index (χ0n) is 11.0. The lowest BCUT2D eigenvalue weighted by Crippen LogP contribution is -2.35. The minimum atomic E-state index is -0.425. The van der Waals surface area contributed by atoms with Crippen LogP contribution in [0.4, 0.5) is 4.39 Å². The van der Waals surface area contributed by atoms with Crippen molar-refractivity contribution in [2.75, 3.05) is 5.75 Å². The first-order chi connectivity index (χ1) is 8.97. The summed E-state index contributed by atoms with van der Waals surface area (Å²) in [6, 6.07) is 4.62. The summed E-state index contributed by atoms with van der Waals surface area (Å²) in [5.41, 5.74) is 0.837. The van der Waals surface area contributed by atoms with Gasteiger partial charge in [-0.25, -0.2) is 4.39 Å². The molecule has 1 aromatic carbocycles. The highest BCUT2D eigenvalue weighted by atomic mass is 79.9. The van der Waals surface area contributed by atoms with Gasteiger partial charge in [-0.15, -0.1) is 0 Å². The van der Waals surface area contributed by atoms with Crippen molar-refractivity contribution in [1.82, 2.24) is 0 Å². The molecule has 19 heavy (non-hydrogen) atoms. The number of aliphatic hydroxyl groups is 1. The van der Waals surface area contributed by atoms with Gasteiger partial charge < -0.3 is 5.11 Å². The molecule has 0 aromatic heterocycles. The summed E-state index contributed by atoms with van der Waals surface area (Å²) in [4.78, 5) is 0. The molecule has 0 spiro atoms. The van der Waals surface area contributed by atoms with E-state index in [4.69, 9.17) is 0 Å². The van der Waals surface area contributed by atoms with Crippen molar-refractivity contribution in [2.24, 2.45) is 0 Å². The van der Waals surface area contributed by atoms with E-state index in [1.165, 1.54) is 12.1 Å². The Labute approximate surface area is 130 Å². The Morgan fingerprint density at radius 1 is 1.42 bits per heavy atom. The third kappa shape index (κ3) is 4.13. The van der Waals surface area contributed by atoms with Gasteiger partial charge in [-0.1, -0.05) is 29.8 Å². The highest BCUT2D eigenvalue weighted by molar-refractivity contribution is 9.10. The molecule has 1 fully saturated rings. The summed E-state index contributed by atoms with van der Waals surface area (Å²) in [6.07, 6.45) is 0.0723. The van der Waals surface area contributed by atoms with Gasteiger partial charge in [-0.3, -0.25) is 0 Å². The van der Waals surface area contributed by atoms with Gasteiger partial charge in [-0.05, 0) is 23.8 Å². The number of benzene rings is 1. The molecule has 4 unspecified atom stereocenters. The average Bonchev–Trinajstić information content (AvgIpc) is 2.37. The van der Waals surface area contributed by atoms with E-state index < -0.39 is 6.10 Å². The molecule has 1 aliphatic rings. The van der Waals surface area contributed by atoms with E-state index in [-0.39, 0.29) is 11.1 Å². The fourth-order valence-electron chi connectivity index (χ4n) is 2.07. The van der Waals surface area contributed by atoms with Gasteiger partial charge in [0.05, 0.1) is 6.10 Å². The molecule has 1 N–H and O–H groups in total. The smallest absolute Gasteiger partial charge is 0.123 e. The number of thioether (sulfide) groups is 2. The summed E-state index contributed by atoms with van der Waals surface area (Å²) in [5.74, 6) is 0.711. The number of halogens is 2. The van der Waals surface area contributed by atoms with Gasteiger partial charge in [0, 0.05) is 32.4 Å².